The molecule has 0 atom stereocenters. The molecule has 0 aliphatic carbocycles. The lowest BCUT2D eigenvalue weighted by Crippen LogP contribution is -2.27. The highest BCUT2D eigenvalue weighted by Crippen LogP contribution is 2.28. The van der Waals surface area contributed by atoms with Crippen LogP contribution in [0.2, 0.25) is 0 Å². The van der Waals surface area contributed by atoms with Crippen LogP contribution in [0.25, 0.3) is 11.4 Å². The minimum atomic E-state index is -2.94. The summed E-state index contributed by atoms with van der Waals surface area (Å²) in [6.07, 6.45) is 3.27. The van der Waals surface area contributed by atoms with Gasteiger partial charge in [0.1, 0.15) is 22.0 Å². The Morgan fingerprint density at radius 2 is 1.62 bits per heavy atom. The largest absolute Gasteiger partial charge is 0.246 e. The lowest BCUT2D eigenvalue weighted by atomic mass is 10.1. The van der Waals surface area contributed by atoms with E-state index in [2.05, 4.69) is 9.97 Å². The molecule has 8 heteroatoms. The number of benzene rings is 1. The molecule has 0 spiro atoms. The highest BCUT2D eigenvalue weighted by Gasteiger charge is 2.28. The maximum atomic E-state index is 11.9. The summed E-state index contributed by atoms with van der Waals surface area (Å²) in [6, 6.07) is 8.16. The Morgan fingerprint density at radius 1 is 1.00 bits per heavy atom. The Bertz CT molecular complexity index is 1100. The van der Waals surface area contributed by atoms with E-state index in [4.69, 9.17) is 10.1 Å². The monoisotopic (exact) mass is 411 g/mol. The molecule has 0 saturated carbocycles. The van der Waals surface area contributed by atoms with Crippen molar-refractivity contribution < 1.29 is 8.42 Å². The van der Waals surface area contributed by atoms with Gasteiger partial charge in [-0.05, 0) is 33.6 Å². The molecule has 0 amide bonds. The molecule has 0 unspecified atom stereocenters. The van der Waals surface area contributed by atoms with Gasteiger partial charge in [-0.2, -0.15) is 5.10 Å². The van der Waals surface area contributed by atoms with Crippen molar-refractivity contribution in [3.63, 3.8) is 0 Å². The fourth-order valence-corrected chi connectivity index (χ4v) is 5.22. The fraction of sp³-hybridized carbons (Fsp3) is 0.429. The van der Waals surface area contributed by atoms with Gasteiger partial charge in [-0.25, -0.2) is 28.1 Å². The van der Waals surface area contributed by atoms with E-state index >= 15 is 0 Å². The predicted octanol–water partition coefficient (Wildman–Crippen LogP) is 3.00. The van der Waals surface area contributed by atoms with Gasteiger partial charge in [0.25, 0.3) is 0 Å². The predicted molar refractivity (Wildman–Crippen MR) is 111 cm³/mol. The van der Waals surface area contributed by atoms with Crippen molar-refractivity contribution in [3.8, 4) is 11.4 Å². The third-order valence-electron chi connectivity index (χ3n) is 5.59. The van der Waals surface area contributed by atoms with Gasteiger partial charge in [-0.15, -0.1) is 0 Å². The minimum absolute atomic E-state index is 0.0328. The molecule has 4 rings (SSSR count). The Kier molecular flexibility index (Phi) is 5.21. The molecule has 3 heterocycles. The van der Waals surface area contributed by atoms with E-state index in [1.807, 2.05) is 49.7 Å². The molecule has 152 valence electrons. The van der Waals surface area contributed by atoms with Crippen molar-refractivity contribution in [2.45, 2.75) is 46.1 Å². The molecule has 1 aliphatic rings. The summed E-state index contributed by atoms with van der Waals surface area (Å²) >= 11 is 0. The van der Waals surface area contributed by atoms with Gasteiger partial charge in [0, 0.05) is 28.9 Å². The lowest BCUT2D eigenvalue weighted by molar-refractivity contribution is 0.402. The summed E-state index contributed by atoms with van der Waals surface area (Å²) < 4.78 is 25.7. The van der Waals surface area contributed by atoms with Crippen molar-refractivity contribution >= 4 is 9.84 Å². The van der Waals surface area contributed by atoms with Crippen LogP contribution in [0.3, 0.4) is 0 Å². The molecule has 2 aromatic heterocycles. The third-order valence-corrected chi connectivity index (χ3v) is 7.31. The Balaban J connectivity index is 1.74. The molecule has 0 radical (unpaired) electrons. The van der Waals surface area contributed by atoms with Crippen LogP contribution < -0.4 is 0 Å². The van der Waals surface area contributed by atoms with E-state index in [0.29, 0.717) is 25.1 Å². The first-order valence-electron chi connectivity index (χ1n) is 9.82. The fourth-order valence-electron chi connectivity index (χ4n) is 3.75. The SMILES string of the molecule is Cc1ccc(-c2nc(Cc3c(C)ncnc3C)n(C3CCS(=O)(=O)CC3)n2)cc1. The summed E-state index contributed by atoms with van der Waals surface area (Å²) in [6.45, 7) is 5.99. The van der Waals surface area contributed by atoms with Crippen molar-refractivity contribution in [1.29, 1.82) is 0 Å². The topological polar surface area (TPSA) is 90.6 Å². The maximum absolute atomic E-state index is 11.9. The summed E-state index contributed by atoms with van der Waals surface area (Å²) in [5.41, 5.74) is 5.03. The van der Waals surface area contributed by atoms with Gasteiger partial charge in [-0.1, -0.05) is 29.8 Å². The zero-order valence-electron chi connectivity index (χ0n) is 17.0. The second-order valence-electron chi connectivity index (χ2n) is 7.75. The van der Waals surface area contributed by atoms with Gasteiger partial charge in [-0.3, -0.25) is 0 Å². The normalized spacial score (nSPS) is 16.8. The second-order valence-corrected chi connectivity index (χ2v) is 10.0. The van der Waals surface area contributed by atoms with E-state index in [1.165, 1.54) is 5.56 Å². The van der Waals surface area contributed by atoms with E-state index in [0.717, 1.165) is 28.3 Å². The van der Waals surface area contributed by atoms with Crippen molar-refractivity contribution in [2.24, 2.45) is 0 Å². The number of sulfone groups is 1. The summed E-state index contributed by atoms with van der Waals surface area (Å²) in [5, 5.41) is 4.81. The second kappa shape index (κ2) is 7.67. The number of hydrogen-bond donors (Lipinski definition) is 0. The van der Waals surface area contributed by atoms with Crippen LogP contribution in [-0.2, 0) is 16.3 Å². The van der Waals surface area contributed by atoms with Crippen LogP contribution in [0.5, 0.6) is 0 Å². The quantitative estimate of drug-likeness (QED) is 0.655. The number of aromatic nitrogens is 5. The molecule has 1 aromatic carbocycles. The van der Waals surface area contributed by atoms with Crippen LogP contribution in [0.4, 0.5) is 0 Å². The standard InChI is InChI=1S/C21H25N5O2S/c1-14-4-6-17(7-5-14)21-24-20(12-19-15(2)22-13-23-16(19)3)26(25-21)18-8-10-29(27,28)11-9-18/h4-7,13,18H,8-12H2,1-3H3. The van der Waals surface area contributed by atoms with Crippen LogP contribution in [-0.4, -0.2) is 44.7 Å². The smallest absolute Gasteiger partial charge is 0.181 e. The average Bonchev–Trinajstić information content (AvgIpc) is 3.09. The first kappa shape index (κ1) is 19.7. The number of nitrogens with zero attached hydrogens (tertiary/aromatic N) is 5. The van der Waals surface area contributed by atoms with Crippen molar-refractivity contribution in [2.75, 3.05) is 11.5 Å². The van der Waals surface area contributed by atoms with Crippen LogP contribution in [0.15, 0.2) is 30.6 Å². The molecule has 1 saturated heterocycles. The van der Waals surface area contributed by atoms with E-state index in [9.17, 15) is 8.42 Å². The van der Waals surface area contributed by atoms with E-state index in [-0.39, 0.29) is 17.5 Å². The summed E-state index contributed by atoms with van der Waals surface area (Å²) in [4.78, 5) is 13.5. The molecular weight excluding hydrogens is 386 g/mol. The zero-order valence-corrected chi connectivity index (χ0v) is 17.8. The Labute approximate surface area is 171 Å². The number of hydrogen-bond acceptors (Lipinski definition) is 6. The molecular formula is C21H25N5O2S. The van der Waals surface area contributed by atoms with Gasteiger partial charge in [0.05, 0.1) is 17.5 Å². The first-order chi connectivity index (χ1) is 13.8. The van der Waals surface area contributed by atoms with Gasteiger partial charge in [0.2, 0.25) is 0 Å². The lowest BCUT2D eigenvalue weighted by Gasteiger charge is -2.23. The van der Waals surface area contributed by atoms with Gasteiger partial charge in [0.15, 0.2) is 5.82 Å². The maximum Gasteiger partial charge on any atom is 0.181 e. The van der Waals surface area contributed by atoms with Gasteiger partial charge < -0.3 is 0 Å². The third kappa shape index (κ3) is 4.22. The summed E-state index contributed by atoms with van der Waals surface area (Å²) in [7, 11) is -2.94. The molecule has 1 fully saturated rings. The molecule has 3 aromatic rings. The zero-order chi connectivity index (χ0) is 20.6. The van der Waals surface area contributed by atoms with Crippen molar-refractivity contribution in [1.82, 2.24) is 24.7 Å². The number of aryl methyl sites for hydroxylation is 3. The average molecular weight is 412 g/mol. The Hall–Kier alpha value is -2.61. The van der Waals surface area contributed by atoms with Crippen molar-refractivity contribution in [3.05, 3.63) is 58.9 Å². The summed E-state index contributed by atoms with van der Waals surface area (Å²) in [5.74, 6) is 1.89. The van der Waals surface area contributed by atoms with Gasteiger partial charge >= 0.3 is 0 Å². The molecule has 0 bridgehead atoms. The van der Waals surface area contributed by atoms with Crippen LogP contribution in [0, 0.1) is 20.8 Å². The first-order valence-corrected chi connectivity index (χ1v) is 11.6. The molecule has 7 nitrogen and oxygen atoms in total. The van der Waals surface area contributed by atoms with E-state index in [1.54, 1.807) is 6.33 Å². The number of rotatable bonds is 4. The Morgan fingerprint density at radius 3 is 2.24 bits per heavy atom. The molecule has 1 aliphatic heterocycles. The minimum Gasteiger partial charge on any atom is -0.246 e. The van der Waals surface area contributed by atoms with Crippen LogP contribution >= 0.6 is 0 Å². The molecule has 29 heavy (non-hydrogen) atoms. The molecule has 0 N–H and O–H groups in total. The highest BCUT2D eigenvalue weighted by atomic mass is 32.2. The van der Waals surface area contributed by atoms with E-state index < -0.39 is 9.84 Å². The highest BCUT2D eigenvalue weighted by molar-refractivity contribution is 7.91. The van der Waals surface area contributed by atoms with Crippen LogP contribution in [0.1, 0.15) is 47.2 Å².